The Morgan fingerprint density at radius 2 is 1.90 bits per heavy atom. The molecule has 1 heterocycles. The molecule has 6 nitrogen and oxygen atoms in total. The van der Waals surface area contributed by atoms with Gasteiger partial charge in [-0.05, 0) is 62.2 Å². The van der Waals surface area contributed by atoms with Gasteiger partial charge in [0.05, 0.1) is 10.8 Å². The number of rotatable bonds is 8. The number of carbonyl (C=O) groups excluding carboxylic acids is 1. The van der Waals surface area contributed by atoms with Crippen molar-refractivity contribution in [3.8, 4) is 5.75 Å². The first-order valence-electron chi connectivity index (χ1n) is 9.47. The van der Waals surface area contributed by atoms with Crippen molar-refractivity contribution in [1.29, 1.82) is 0 Å². The molecule has 0 fully saturated rings. The molecule has 31 heavy (non-hydrogen) atoms. The Morgan fingerprint density at radius 3 is 2.55 bits per heavy atom. The second kappa shape index (κ2) is 10.3. The Hall–Kier alpha value is -2.29. The number of hydrogen-bond acceptors (Lipinski definition) is 5. The summed E-state index contributed by atoms with van der Waals surface area (Å²) in [7, 11) is 0. The summed E-state index contributed by atoms with van der Waals surface area (Å²) in [4.78, 5) is 12.2. The van der Waals surface area contributed by atoms with Crippen LogP contribution in [0.25, 0.3) is 0 Å². The minimum absolute atomic E-state index is 0.0492. The number of nitrogens with zero attached hydrogens (tertiary/aromatic N) is 3. The molecule has 0 saturated carbocycles. The number of carbonyl (C=O) groups is 1. The van der Waals surface area contributed by atoms with Crippen molar-refractivity contribution in [1.82, 2.24) is 14.8 Å². The molecule has 10 heteroatoms. The molecule has 0 unspecified atom stereocenters. The monoisotopic (exact) mass is 482 g/mol. The van der Waals surface area contributed by atoms with Gasteiger partial charge in [0.25, 0.3) is 0 Å². The minimum atomic E-state index is -0.538. The van der Waals surface area contributed by atoms with Crippen LogP contribution in [0, 0.1) is 19.7 Å². The SMILES string of the molecule is CCn1c(COc2cc(C)c(Cl)c(C)c2)nnc1SCC(=O)Nc1ccc(F)c(Cl)c1. The van der Waals surface area contributed by atoms with Crippen LogP contribution in [-0.2, 0) is 17.9 Å². The lowest BCUT2D eigenvalue weighted by molar-refractivity contribution is -0.113. The van der Waals surface area contributed by atoms with E-state index in [1.165, 1.54) is 30.0 Å². The van der Waals surface area contributed by atoms with Gasteiger partial charge in [-0.15, -0.1) is 10.2 Å². The molecule has 1 N–H and O–H groups in total. The Labute approximate surface area is 194 Å². The van der Waals surface area contributed by atoms with Gasteiger partial charge in [0.2, 0.25) is 5.91 Å². The highest BCUT2D eigenvalue weighted by Crippen LogP contribution is 2.27. The standard InChI is InChI=1S/C21H21Cl2FN4O2S/c1-4-28-18(10-30-15-7-12(2)20(23)13(3)8-15)26-27-21(28)31-11-19(29)25-14-5-6-17(24)16(22)9-14/h5-9H,4,10-11H2,1-3H3,(H,25,29). The van der Waals surface area contributed by atoms with E-state index in [0.717, 1.165) is 16.1 Å². The van der Waals surface area contributed by atoms with Crippen LogP contribution >= 0.6 is 35.0 Å². The molecule has 3 aromatic rings. The molecule has 0 radical (unpaired) electrons. The highest BCUT2D eigenvalue weighted by atomic mass is 35.5. The number of amides is 1. The van der Waals surface area contributed by atoms with Gasteiger partial charge in [0.15, 0.2) is 11.0 Å². The summed E-state index contributed by atoms with van der Waals surface area (Å²) in [6.45, 7) is 6.69. The molecule has 0 bridgehead atoms. The lowest BCUT2D eigenvalue weighted by atomic mass is 10.1. The fourth-order valence-electron chi connectivity index (χ4n) is 2.89. The fraction of sp³-hybridized carbons (Fsp3) is 0.286. The molecule has 3 rings (SSSR count). The summed E-state index contributed by atoms with van der Waals surface area (Å²) in [6.07, 6.45) is 0. The molecule has 2 aromatic carbocycles. The quantitative estimate of drug-likeness (QED) is 0.418. The van der Waals surface area contributed by atoms with Crippen LogP contribution in [0.5, 0.6) is 5.75 Å². The number of aryl methyl sites for hydroxylation is 2. The van der Waals surface area contributed by atoms with Crippen LogP contribution in [-0.4, -0.2) is 26.4 Å². The first kappa shape index (κ1) is 23.4. The van der Waals surface area contributed by atoms with Gasteiger partial charge in [0.1, 0.15) is 18.2 Å². The van der Waals surface area contributed by atoms with Crippen LogP contribution in [0.1, 0.15) is 23.9 Å². The molecule has 0 aliphatic carbocycles. The third-order valence-corrected chi connectivity index (χ3v) is 6.28. The average molecular weight is 483 g/mol. The zero-order chi connectivity index (χ0) is 22.5. The second-order valence-electron chi connectivity index (χ2n) is 6.77. The maximum absolute atomic E-state index is 13.2. The molecule has 0 saturated heterocycles. The average Bonchev–Trinajstić information content (AvgIpc) is 3.13. The zero-order valence-electron chi connectivity index (χ0n) is 17.2. The van der Waals surface area contributed by atoms with E-state index in [4.69, 9.17) is 27.9 Å². The van der Waals surface area contributed by atoms with Gasteiger partial charge < -0.3 is 14.6 Å². The van der Waals surface area contributed by atoms with Crippen LogP contribution < -0.4 is 10.1 Å². The molecule has 0 aliphatic heterocycles. The summed E-state index contributed by atoms with van der Waals surface area (Å²) >= 11 is 13.2. The van der Waals surface area contributed by atoms with E-state index in [0.29, 0.717) is 29.0 Å². The van der Waals surface area contributed by atoms with Crippen molar-refractivity contribution in [2.75, 3.05) is 11.1 Å². The highest BCUT2D eigenvalue weighted by Gasteiger charge is 2.15. The number of thioether (sulfide) groups is 1. The van der Waals surface area contributed by atoms with Crippen LogP contribution in [0.2, 0.25) is 10.0 Å². The number of halogens is 3. The van der Waals surface area contributed by atoms with Crippen molar-refractivity contribution in [3.05, 3.63) is 63.1 Å². The number of nitrogens with one attached hydrogen (secondary N) is 1. The second-order valence-corrected chi connectivity index (χ2v) is 8.50. The van der Waals surface area contributed by atoms with Crippen molar-refractivity contribution in [2.24, 2.45) is 0 Å². The molecular weight excluding hydrogens is 462 g/mol. The van der Waals surface area contributed by atoms with Crippen molar-refractivity contribution in [3.63, 3.8) is 0 Å². The van der Waals surface area contributed by atoms with Gasteiger partial charge in [-0.2, -0.15) is 0 Å². The van der Waals surface area contributed by atoms with Gasteiger partial charge in [-0.1, -0.05) is 35.0 Å². The number of aromatic nitrogens is 3. The van der Waals surface area contributed by atoms with E-state index < -0.39 is 5.82 Å². The zero-order valence-corrected chi connectivity index (χ0v) is 19.5. The van der Waals surface area contributed by atoms with Crippen molar-refractivity contribution < 1.29 is 13.9 Å². The molecular formula is C21H21Cl2FN4O2S. The topological polar surface area (TPSA) is 69.0 Å². The van der Waals surface area contributed by atoms with Crippen molar-refractivity contribution >= 4 is 46.6 Å². The number of hydrogen-bond donors (Lipinski definition) is 1. The number of benzene rings is 2. The van der Waals surface area contributed by atoms with E-state index in [1.54, 1.807) is 0 Å². The fourth-order valence-corrected chi connectivity index (χ4v) is 4.00. The minimum Gasteiger partial charge on any atom is -0.486 e. The summed E-state index contributed by atoms with van der Waals surface area (Å²) in [5.41, 5.74) is 2.31. The van der Waals surface area contributed by atoms with E-state index in [-0.39, 0.29) is 23.3 Å². The third-order valence-electron chi connectivity index (χ3n) is 4.42. The van der Waals surface area contributed by atoms with Gasteiger partial charge >= 0.3 is 0 Å². The summed E-state index contributed by atoms with van der Waals surface area (Å²) < 4.78 is 21.0. The Balaban J connectivity index is 1.60. The Bertz CT molecular complexity index is 1080. The predicted octanol–water partition coefficient (Wildman–Crippen LogP) is 5.67. The van der Waals surface area contributed by atoms with E-state index in [1.807, 2.05) is 37.5 Å². The van der Waals surface area contributed by atoms with Crippen LogP contribution in [0.3, 0.4) is 0 Å². The lowest BCUT2D eigenvalue weighted by Crippen LogP contribution is -2.15. The van der Waals surface area contributed by atoms with Gasteiger partial charge in [0, 0.05) is 17.3 Å². The first-order valence-corrected chi connectivity index (χ1v) is 11.2. The van der Waals surface area contributed by atoms with Crippen molar-refractivity contribution in [2.45, 2.75) is 39.1 Å². The normalized spacial score (nSPS) is 10.9. The van der Waals surface area contributed by atoms with Gasteiger partial charge in [-0.25, -0.2) is 4.39 Å². The Morgan fingerprint density at radius 1 is 1.19 bits per heavy atom. The molecule has 0 spiro atoms. The predicted molar refractivity (Wildman–Crippen MR) is 122 cm³/mol. The largest absolute Gasteiger partial charge is 0.486 e. The summed E-state index contributed by atoms with van der Waals surface area (Å²) in [5.74, 6) is 0.674. The molecule has 1 amide bonds. The van der Waals surface area contributed by atoms with E-state index in [2.05, 4.69) is 15.5 Å². The van der Waals surface area contributed by atoms with Crippen LogP contribution in [0.15, 0.2) is 35.5 Å². The summed E-state index contributed by atoms with van der Waals surface area (Å²) in [5, 5.41) is 12.3. The molecule has 1 aromatic heterocycles. The highest BCUT2D eigenvalue weighted by molar-refractivity contribution is 7.99. The Kier molecular flexibility index (Phi) is 7.80. The first-order chi connectivity index (χ1) is 14.8. The maximum atomic E-state index is 13.2. The summed E-state index contributed by atoms with van der Waals surface area (Å²) in [6, 6.07) is 7.78. The molecule has 0 aliphatic rings. The molecule has 0 atom stereocenters. The number of anilines is 1. The smallest absolute Gasteiger partial charge is 0.234 e. The van der Waals surface area contributed by atoms with E-state index >= 15 is 0 Å². The third kappa shape index (κ3) is 5.90. The number of ether oxygens (including phenoxy) is 1. The van der Waals surface area contributed by atoms with E-state index in [9.17, 15) is 9.18 Å². The molecule has 164 valence electrons. The lowest BCUT2D eigenvalue weighted by Gasteiger charge is -2.11. The maximum Gasteiger partial charge on any atom is 0.234 e. The van der Waals surface area contributed by atoms with Gasteiger partial charge in [-0.3, -0.25) is 4.79 Å². The van der Waals surface area contributed by atoms with Crippen LogP contribution in [0.4, 0.5) is 10.1 Å².